The first-order chi connectivity index (χ1) is 8.70. The van der Waals surface area contributed by atoms with Gasteiger partial charge in [0.1, 0.15) is 5.82 Å². The van der Waals surface area contributed by atoms with E-state index in [1.807, 2.05) is 0 Å². The van der Waals surface area contributed by atoms with E-state index in [0.29, 0.717) is 5.56 Å². The zero-order chi connectivity index (χ0) is 13.0. The molecule has 3 amide bonds. The maximum atomic E-state index is 12.2. The molecular weight excluding hydrogens is 230 g/mol. The van der Waals surface area contributed by atoms with E-state index in [4.69, 9.17) is 5.73 Å². The first-order valence-corrected chi connectivity index (χ1v) is 5.30. The van der Waals surface area contributed by atoms with Gasteiger partial charge in [0.2, 0.25) is 0 Å². The zero-order valence-corrected chi connectivity index (χ0v) is 9.48. The molecule has 2 aromatic rings. The monoisotopic (exact) mass is 241 g/mol. The third-order valence-electron chi connectivity index (χ3n) is 2.32. The molecule has 0 aliphatic rings. The van der Waals surface area contributed by atoms with Gasteiger partial charge in [0.05, 0.1) is 0 Å². The van der Waals surface area contributed by atoms with Crippen molar-refractivity contribution in [1.82, 2.24) is 4.98 Å². The van der Waals surface area contributed by atoms with Gasteiger partial charge >= 0.3 is 6.03 Å². The quantitative estimate of drug-likeness (QED) is 0.871. The van der Waals surface area contributed by atoms with Gasteiger partial charge in [-0.2, -0.15) is 0 Å². The molecule has 2 rings (SSSR count). The highest BCUT2D eigenvalue weighted by Crippen LogP contribution is 2.13. The minimum absolute atomic E-state index is 0.207. The second kappa shape index (κ2) is 5.09. The number of rotatable bonds is 2. The normalized spacial score (nSPS) is 9.78. The minimum Gasteiger partial charge on any atom is -0.351 e. The summed E-state index contributed by atoms with van der Waals surface area (Å²) in [6.45, 7) is 0. The van der Waals surface area contributed by atoms with Crippen LogP contribution in [0.3, 0.4) is 0 Å². The van der Waals surface area contributed by atoms with Gasteiger partial charge in [-0.3, -0.25) is 4.79 Å². The topological polar surface area (TPSA) is 76.3 Å². The number of pyridine rings is 1. The van der Waals surface area contributed by atoms with Gasteiger partial charge in [-0.05, 0) is 24.3 Å². The van der Waals surface area contributed by atoms with Gasteiger partial charge in [0, 0.05) is 11.8 Å². The number of urea groups is 1. The van der Waals surface area contributed by atoms with Crippen LogP contribution in [0.1, 0.15) is 10.4 Å². The molecule has 0 bridgehead atoms. The van der Waals surface area contributed by atoms with Gasteiger partial charge in [0.25, 0.3) is 5.91 Å². The fraction of sp³-hybridized carbons (Fsp3) is 0. The number of nitrogens with two attached hydrogens (primary N) is 1. The number of carbonyl (C=O) groups excluding carboxylic acids is 2. The van der Waals surface area contributed by atoms with Gasteiger partial charge in [-0.15, -0.1) is 0 Å². The molecule has 1 aromatic carbocycles. The first-order valence-electron chi connectivity index (χ1n) is 5.30. The molecule has 0 unspecified atom stereocenters. The number of hydrogen-bond acceptors (Lipinski definition) is 3. The SMILES string of the molecule is NC(=O)N(C(=O)c1ccccc1)c1ccccn1. The van der Waals surface area contributed by atoms with Crippen LogP contribution < -0.4 is 10.6 Å². The average molecular weight is 241 g/mol. The molecule has 5 nitrogen and oxygen atoms in total. The molecule has 0 fully saturated rings. The Balaban J connectivity index is 2.39. The maximum absolute atomic E-state index is 12.2. The molecule has 1 aromatic heterocycles. The number of benzene rings is 1. The highest BCUT2D eigenvalue weighted by atomic mass is 16.2. The lowest BCUT2D eigenvalue weighted by atomic mass is 10.2. The third-order valence-corrected chi connectivity index (χ3v) is 2.32. The van der Waals surface area contributed by atoms with Crippen molar-refractivity contribution in [2.45, 2.75) is 0 Å². The van der Waals surface area contributed by atoms with Crippen LogP contribution in [0.2, 0.25) is 0 Å². The van der Waals surface area contributed by atoms with Gasteiger partial charge in [-0.1, -0.05) is 24.3 Å². The molecule has 0 atom stereocenters. The molecule has 0 radical (unpaired) electrons. The van der Waals surface area contributed by atoms with Crippen molar-refractivity contribution in [3.63, 3.8) is 0 Å². The Hall–Kier alpha value is -2.69. The Morgan fingerprint density at radius 1 is 1.00 bits per heavy atom. The second-order valence-corrected chi connectivity index (χ2v) is 3.53. The van der Waals surface area contributed by atoms with Crippen molar-refractivity contribution >= 4 is 17.8 Å². The fourth-order valence-electron chi connectivity index (χ4n) is 1.51. The molecular formula is C13H11N3O2. The highest BCUT2D eigenvalue weighted by Gasteiger charge is 2.23. The number of aromatic nitrogens is 1. The summed E-state index contributed by atoms with van der Waals surface area (Å²) < 4.78 is 0. The van der Waals surface area contributed by atoms with E-state index in [9.17, 15) is 9.59 Å². The van der Waals surface area contributed by atoms with Crippen LogP contribution in [0.15, 0.2) is 54.7 Å². The standard InChI is InChI=1S/C13H11N3O2/c14-13(18)16(11-8-4-5-9-15-11)12(17)10-6-2-1-3-7-10/h1-9H,(H2,14,18). The van der Waals surface area contributed by atoms with Gasteiger partial charge in [0.15, 0.2) is 0 Å². The van der Waals surface area contributed by atoms with E-state index >= 15 is 0 Å². The zero-order valence-electron chi connectivity index (χ0n) is 9.48. The molecule has 0 aliphatic heterocycles. The lowest BCUT2D eigenvalue weighted by Gasteiger charge is -2.17. The Labute approximate surface area is 104 Å². The van der Waals surface area contributed by atoms with Crippen molar-refractivity contribution in [1.29, 1.82) is 0 Å². The summed E-state index contributed by atoms with van der Waals surface area (Å²) in [4.78, 5) is 28.4. The molecule has 2 N–H and O–H groups in total. The van der Waals surface area contributed by atoms with E-state index in [-0.39, 0.29) is 5.82 Å². The number of nitrogens with zero attached hydrogens (tertiary/aromatic N) is 2. The minimum atomic E-state index is -0.859. The van der Waals surface area contributed by atoms with Gasteiger partial charge in [-0.25, -0.2) is 14.7 Å². The first kappa shape index (κ1) is 11.8. The second-order valence-electron chi connectivity index (χ2n) is 3.53. The number of amides is 3. The largest absolute Gasteiger partial charge is 0.351 e. The average Bonchev–Trinajstić information content (AvgIpc) is 2.40. The predicted octanol–water partition coefficient (Wildman–Crippen LogP) is 1.81. The molecule has 0 saturated heterocycles. The summed E-state index contributed by atoms with van der Waals surface area (Å²) in [5.74, 6) is -0.291. The van der Waals surface area contributed by atoms with Crippen molar-refractivity contribution in [2.75, 3.05) is 4.90 Å². The summed E-state index contributed by atoms with van der Waals surface area (Å²) in [7, 11) is 0. The van der Waals surface area contributed by atoms with Gasteiger partial charge < -0.3 is 5.73 Å². The summed E-state index contributed by atoms with van der Waals surface area (Å²) in [6, 6.07) is 12.5. The van der Waals surface area contributed by atoms with Crippen LogP contribution in [0.25, 0.3) is 0 Å². The van der Waals surface area contributed by atoms with Crippen LogP contribution in [0, 0.1) is 0 Å². The number of imide groups is 1. The summed E-state index contributed by atoms with van der Waals surface area (Å²) in [5.41, 5.74) is 5.61. The Kier molecular flexibility index (Phi) is 3.33. The van der Waals surface area contributed by atoms with E-state index in [1.54, 1.807) is 48.5 Å². The fourth-order valence-corrected chi connectivity index (χ4v) is 1.51. The van der Waals surface area contributed by atoms with E-state index in [0.717, 1.165) is 4.90 Å². The molecule has 0 aliphatic carbocycles. The number of hydrogen-bond donors (Lipinski definition) is 1. The van der Waals surface area contributed by atoms with E-state index < -0.39 is 11.9 Å². The van der Waals surface area contributed by atoms with Crippen molar-refractivity contribution < 1.29 is 9.59 Å². The van der Waals surface area contributed by atoms with Crippen LogP contribution in [-0.4, -0.2) is 16.9 Å². The van der Waals surface area contributed by atoms with Crippen LogP contribution in [0.5, 0.6) is 0 Å². The Morgan fingerprint density at radius 2 is 1.67 bits per heavy atom. The van der Waals surface area contributed by atoms with E-state index in [2.05, 4.69) is 4.98 Å². The molecule has 18 heavy (non-hydrogen) atoms. The molecule has 0 spiro atoms. The van der Waals surface area contributed by atoms with E-state index in [1.165, 1.54) is 6.20 Å². The summed E-state index contributed by atoms with van der Waals surface area (Å²) in [5, 5.41) is 0. The molecule has 1 heterocycles. The summed E-state index contributed by atoms with van der Waals surface area (Å²) >= 11 is 0. The van der Waals surface area contributed by atoms with Crippen LogP contribution in [-0.2, 0) is 0 Å². The summed E-state index contributed by atoms with van der Waals surface area (Å²) in [6.07, 6.45) is 1.49. The predicted molar refractivity (Wildman–Crippen MR) is 67.1 cm³/mol. The number of carbonyl (C=O) groups is 2. The molecule has 90 valence electrons. The van der Waals surface area contributed by atoms with Crippen LogP contribution >= 0.6 is 0 Å². The molecule has 5 heteroatoms. The number of primary amides is 1. The maximum Gasteiger partial charge on any atom is 0.327 e. The Morgan fingerprint density at radius 3 is 2.22 bits per heavy atom. The number of anilines is 1. The van der Waals surface area contributed by atoms with Crippen molar-refractivity contribution in [3.05, 3.63) is 60.3 Å². The highest BCUT2D eigenvalue weighted by molar-refractivity contribution is 6.19. The van der Waals surface area contributed by atoms with Crippen molar-refractivity contribution in [3.8, 4) is 0 Å². The van der Waals surface area contributed by atoms with Crippen molar-refractivity contribution in [2.24, 2.45) is 5.73 Å². The third kappa shape index (κ3) is 2.35. The smallest absolute Gasteiger partial charge is 0.327 e. The Bertz CT molecular complexity index is 555. The van der Waals surface area contributed by atoms with Crippen LogP contribution in [0.4, 0.5) is 10.6 Å². The lowest BCUT2D eigenvalue weighted by Crippen LogP contribution is -2.41. The lowest BCUT2D eigenvalue weighted by molar-refractivity contribution is 0.0994. The molecule has 0 saturated carbocycles.